The first-order valence-corrected chi connectivity index (χ1v) is 13.8. The molecule has 0 fully saturated rings. The van der Waals surface area contributed by atoms with E-state index < -0.39 is 36.8 Å². The van der Waals surface area contributed by atoms with Crippen molar-refractivity contribution in [2.45, 2.75) is 37.1 Å². The van der Waals surface area contributed by atoms with Crippen LogP contribution in [-0.2, 0) is 22.5 Å². The molecule has 0 aromatic heterocycles. The molecule has 0 unspecified atom stereocenters. The summed E-state index contributed by atoms with van der Waals surface area (Å²) in [7, 11) is 0. The van der Waals surface area contributed by atoms with E-state index in [1.165, 1.54) is 0 Å². The largest absolute Gasteiger partial charge is 0.494 e. The summed E-state index contributed by atoms with van der Waals surface area (Å²) in [5, 5.41) is 38.8. The van der Waals surface area contributed by atoms with Crippen LogP contribution in [0.1, 0.15) is 34.8 Å². The minimum Gasteiger partial charge on any atom is -0.494 e. The van der Waals surface area contributed by atoms with Gasteiger partial charge >= 0.3 is 0 Å². The zero-order valence-corrected chi connectivity index (χ0v) is 23.7. The summed E-state index contributed by atoms with van der Waals surface area (Å²) in [6.45, 7) is -0.736. The first kappa shape index (κ1) is 31.8. The van der Waals surface area contributed by atoms with Gasteiger partial charge in [-0.25, -0.2) is 4.99 Å². The lowest BCUT2D eigenvalue weighted by Crippen LogP contribution is -2.54. The van der Waals surface area contributed by atoms with E-state index in [2.05, 4.69) is 25.4 Å². The lowest BCUT2D eigenvalue weighted by Gasteiger charge is -2.33. The van der Waals surface area contributed by atoms with E-state index in [1.54, 1.807) is 72.8 Å². The minimum atomic E-state index is -1.73. The van der Waals surface area contributed by atoms with E-state index >= 15 is 0 Å². The molecule has 3 aromatic rings. The summed E-state index contributed by atoms with van der Waals surface area (Å²) in [4.78, 5) is 25.0. The average Bonchev–Trinajstić information content (AvgIpc) is 3.44. The molecule has 3 aromatic carbocycles. The number of hydrogen-bond acceptors (Lipinski definition) is 9. The van der Waals surface area contributed by atoms with Crippen molar-refractivity contribution in [3.05, 3.63) is 116 Å². The topological polar surface area (TPSA) is 218 Å². The molecule has 0 bridgehead atoms. The zero-order chi connectivity index (χ0) is 31.4. The van der Waals surface area contributed by atoms with Gasteiger partial charge in [-0.05, 0) is 52.0 Å². The number of rotatable bonds is 15. The summed E-state index contributed by atoms with van der Waals surface area (Å²) in [5.41, 5.74) is 18.9. The fraction of sp³-hybridized carbons (Fsp3) is 0.333. The number of benzene rings is 3. The molecule has 2 atom stereocenters. The van der Waals surface area contributed by atoms with E-state index in [-0.39, 0.29) is 31.2 Å². The quantitative estimate of drug-likeness (QED) is 0.0867. The number of nitrogens with zero attached hydrogens (tertiary/aromatic N) is 7. The van der Waals surface area contributed by atoms with Crippen molar-refractivity contribution in [1.82, 2.24) is 5.32 Å². The molecule has 228 valence electrons. The summed E-state index contributed by atoms with van der Waals surface area (Å²) in [6, 6.07) is 19.7. The predicted molar refractivity (Wildman–Crippen MR) is 161 cm³/mol. The zero-order valence-electron chi connectivity index (χ0n) is 23.7. The summed E-state index contributed by atoms with van der Waals surface area (Å²) in [6.07, 6.45) is -0.684. The Balaban J connectivity index is 1.90. The summed E-state index contributed by atoms with van der Waals surface area (Å²) < 4.78 is 12.1. The van der Waals surface area contributed by atoms with Crippen molar-refractivity contribution in [3.63, 3.8) is 0 Å². The molecule has 4 rings (SSSR count). The van der Waals surface area contributed by atoms with Crippen molar-refractivity contribution >= 4 is 17.5 Å². The highest BCUT2D eigenvalue weighted by Gasteiger charge is 2.54. The second-order valence-electron chi connectivity index (χ2n) is 9.91. The van der Waals surface area contributed by atoms with Crippen LogP contribution >= 0.6 is 0 Å². The van der Waals surface area contributed by atoms with Gasteiger partial charge in [0, 0.05) is 40.5 Å². The van der Waals surface area contributed by atoms with Crippen LogP contribution < -0.4 is 10.1 Å². The second kappa shape index (κ2) is 15.4. The minimum absolute atomic E-state index is 0.00560. The molecular formula is C30H32N8O6. The van der Waals surface area contributed by atoms with Crippen molar-refractivity contribution in [3.8, 4) is 5.75 Å². The van der Waals surface area contributed by atoms with Crippen LogP contribution in [0.5, 0.6) is 5.75 Å². The van der Waals surface area contributed by atoms with Gasteiger partial charge in [-0.15, -0.1) is 0 Å². The van der Waals surface area contributed by atoms with Crippen molar-refractivity contribution in [2.24, 2.45) is 15.2 Å². The van der Waals surface area contributed by atoms with Crippen LogP contribution in [-0.4, -0.2) is 65.1 Å². The van der Waals surface area contributed by atoms with Crippen LogP contribution in [0.15, 0.2) is 88.0 Å². The lowest BCUT2D eigenvalue weighted by molar-refractivity contribution is -0.130. The van der Waals surface area contributed by atoms with Crippen LogP contribution in [0.4, 0.5) is 5.69 Å². The van der Waals surface area contributed by atoms with Gasteiger partial charge in [0.1, 0.15) is 5.75 Å². The Labute approximate surface area is 252 Å². The number of amides is 1. The van der Waals surface area contributed by atoms with E-state index in [9.17, 15) is 20.5 Å². The number of azide groups is 2. The van der Waals surface area contributed by atoms with Crippen LogP contribution in [0.25, 0.3) is 20.9 Å². The summed E-state index contributed by atoms with van der Waals surface area (Å²) >= 11 is 0. The van der Waals surface area contributed by atoms with Crippen LogP contribution in [0.2, 0.25) is 0 Å². The standard InChI is InChI=1S/C30H32N8O6/c31-37-33-17-22-7-1-3-8-25(22)27-30(29(42)34-23(18-40)19-41,16-21-6-2-4-9-26(21)36-38-32)35-28(44-27)20-10-12-24(13-11-20)43-15-5-14-39/h1-4,6-13,23,27,39-41H,5,14-19H2,(H,34,42)/t27-,30-/m1/s1. The number of aliphatic hydroxyl groups excluding tert-OH is 3. The van der Waals surface area contributed by atoms with Gasteiger partial charge in [0.15, 0.2) is 11.6 Å². The van der Waals surface area contributed by atoms with E-state index in [0.29, 0.717) is 41.0 Å². The van der Waals surface area contributed by atoms with Gasteiger partial charge < -0.3 is 30.1 Å². The molecular weight excluding hydrogens is 568 g/mol. The highest BCUT2D eigenvalue weighted by atomic mass is 16.5. The van der Waals surface area contributed by atoms with Crippen molar-refractivity contribution < 1.29 is 29.6 Å². The molecule has 1 aliphatic rings. The third-order valence-corrected chi connectivity index (χ3v) is 7.05. The smallest absolute Gasteiger partial charge is 0.253 e. The molecule has 0 saturated heterocycles. The predicted octanol–water partition coefficient (Wildman–Crippen LogP) is 4.17. The fourth-order valence-corrected chi connectivity index (χ4v) is 4.86. The molecule has 1 heterocycles. The first-order valence-electron chi connectivity index (χ1n) is 13.8. The van der Waals surface area contributed by atoms with Gasteiger partial charge in [-0.3, -0.25) is 4.79 Å². The molecule has 4 N–H and O–H groups in total. The molecule has 0 saturated carbocycles. The number of nitrogens with one attached hydrogen (secondary N) is 1. The Kier molecular flexibility index (Phi) is 11.1. The van der Waals surface area contributed by atoms with Crippen LogP contribution in [0, 0.1) is 0 Å². The number of carbonyl (C=O) groups excluding carboxylic acids is 1. The molecule has 44 heavy (non-hydrogen) atoms. The number of aliphatic hydroxyl groups is 3. The third kappa shape index (κ3) is 7.27. The number of ether oxygens (including phenoxy) is 2. The first-order chi connectivity index (χ1) is 21.5. The summed E-state index contributed by atoms with van der Waals surface area (Å²) in [5.74, 6) is 0.0541. The molecule has 1 amide bonds. The third-order valence-electron chi connectivity index (χ3n) is 7.05. The van der Waals surface area contributed by atoms with Gasteiger partial charge in [0.2, 0.25) is 5.90 Å². The molecule has 0 spiro atoms. The maximum atomic E-state index is 14.3. The number of hydrogen-bond donors (Lipinski definition) is 4. The Hall–Kier alpha value is -5.10. The highest BCUT2D eigenvalue weighted by molar-refractivity contribution is 6.01. The van der Waals surface area contributed by atoms with E-state index in [0.717, 1.165) is 0 Å². The monoisotopic (exact) mass is 600 g/mol. The SMILES string of the molecule is [N-]=[N+]=NCc1ccccc1[C@H]1OC(c2ccc(OCCCO)cc2)=N[C@@]1(Cc1ccccc1N=[N+]=[N-])C(=O)NC(CO)CO. The molecule has 14 heteroatoms. The van der Waals surface area contributed by atoms with Crippen LogP contribution in [0.3, 0.4) is 0 Å². The van der Waals surface area contributed by atoms with Gasteiger partial charge in [-0.1, -0.05) is 58.8 Å². The molecule has 14 nitrogen and oxygen atoms in total. The number of aliphatic imine (C=N–C) groups is 1. The Morgan fingerprint density at radius 2 is 1.70 bits per heavy atom. The van der Waals surface area contributed by atoms with Gasteiger partial charge in [0.25, 0.3) is 5.91 Å². The van der Waals surface area contributed by atoms with Gasteiger partial charge in [0.05, 0.1) is 32.4 Å². The van der Waals surface area contributed by atoms with Crippen molar-refractivity contribution in [2.75, 3.05) is 26.4 Å². The second-order valence-corrected chi connectivity index (χ2v) is 9.91. The van der Waals surface area contributed by atoms with E-state index in [1.807, 2.05) is 0 Å². The molecule has 1 aliphatic heterocycles. The van der Waals surface area contributed by atoms with Gasteiger partial charge in [-0.2, -0.15) is 0 Å². The highest BCUT2D eigenvalue weighted by Crippen LogP contribution is 2.45. The normalized spacial score (nSPS) is 17.2. The Bertz CT molecular complexity index is 1570. The maximum absolute atomic E-state index is 14.3. The lowest BCUT2D eigenvalue weighted by atomic mass is 9.80. The maximum Gasteiger partial charge on any atom is 0.253 e. The van der Waals surface area contributed by atoms with E-state index in [4.69, 9.17) is 25.1 Å². The molecule has 0 radical (unpaired) electrons. The number of carbonyl (C=O) groups is 1. The van der Waals surface area contributed by atoms with Crippen molar-refractivity contribution in [1.29, 1.82) is 0 Å². The Morgan fingerprint density at radius 1 is 1.00 bits per heavy atom. The average molecular weight is 601 g/mol. The Morgan fingerprint density at radius 3 is 2.39 bits per heavy atom. The fourth-order valence-electron chi connectivity index (χ4n) is 4.86. The molecule has 0 aliphatic carbocycles.